The van der Waals surface area contributed by atoms with Crippen molar-refractivity contribution >= 4 is 29.1 Å². The Labute approximate surface area is 162 Å². The number of nitrogens with zero attached hydrogens (tertiary/aromatic N) is 1. The maximum Gasteiger partial charge on any atom is 0.337 e. The highest BCUT2D eigenvalue weighted by atomic mass is 16.5. The van der Waals surface area contributed by atoms with Gasteiger partial charge < -0.3 is 20.1 Å². The molecule has 3 rings (SSSR count). The molecule has 2 aromatic carbocycles. The van der Waals surface area contributed by atoms with Gasteiger partial charge in [0.1, 0.15) is 11.6 Å². The second kappa shape index (κ2) is 8.68. The summed E-state index contributed by atoms with van der Waals surface area (Å²) in [6, 6.07) is 17.3. The molecule has 1 aromatic heterocycles. The molecule has 7 heteroatoms. The zero-order valence-corrected chi connectivity index (χ0v) is 15.4. The largest absolute Gasteiger partial charge is 0.497 e. The molecule has 2 N–H and O–H groups in total. The summed E-state index contributed by atoms with van der Waals surface area (Å²) in [5.41, 5.74) is 2.35. The van der Waals surface area contributed by atoms with Crippen LogP contribution in [0.4, 0.5) is 17.2 Å². The molecular weight excluding hydrogens is 358 g/mol. The van der Waals surface area contributed by atoms with Gasteiger partial charge in [-0.15, -0.1) is 0 Å². The van der Waals surface area contributed by atoms with Gasteiger partial charge in [0.25, 0.3) is 5.91 Å². The van der Waals surface area contributed by atoms with Crippen molar-refractivity contribution in [2.75, 3.05) is 24.9 Å². The zero-order chi connectivity index (χ0) is 19.9. The van der Waals surface area contributed by atoms with Crippen molar-refractivity contribution < 1.29 is 19.1 Å². The molecule has 7 nitrogen and oxygen atoms in total. The number of hydrogen-bond donors (Lipinski definition) is 2. The summed E-state index contributed by atoms with van der Waals surface area (Å²) in [7, 11) is 2.88. The Morgan fingerprint density at radius 2 is 1.68 bits per heavy atom. The van der Waals surface area contributed by atoms with Gasteiger partial charge in [0, 0.05) is 11.3 Å². The number of carbonyl (C=O) groups is 2. The third-order valence-corrected chi connectivity index (χ3v) is 3.91. The quantitative estimate of drug-likeness (QED) is 0.634. The highest BCUT2D eigenvalue weighted by molar-refractivity contribution is 6.04. The number of nitrogens with one attached hydrogen (secondary N) is 2. The number of pyridine rings is 1. The number of amides is 1. The normalized spacial score (nSPS) is 10.1. The predicted molar refractivity (Wildman–Crippen MR) is 106 cm³/mol. The Bertz CT molecular complexity index is 987. The van der Waals surface area contributed by atoms with Crippen LogP contribution in [0.25, 0.3) is 0 Å². The molecule has 0 radical (unpaired) electrons. The number of benzene rings is 2. The van der Waals surface area contributed by atoms with Gasteiger partial charge in [-0.05, 0) is 48.5 Å². The number of aromatic nitrogens is 1. The summed E-state index contributed by atoms with van der Waals surface area (Å²) in [6.07, 6.45) is 1.59. The predicted octanol–water partition coefficient (Wildman–Crippen LogP) is 3.87. The van der Waals surface area contributed by atoms with Crippen molar-refractivity contribution in [1.82, 2.24) is 4.98 Å². The van der Waals surface area contributed by atoms with E-state index in [0.717, 1.165) is 5.69 Å². The van der Waals surface area contributed by atoms with Crippen molar-refractivity contribution in [3.8, 4) is 5.75 Å². The van der Waals surface area contributed by atoms with Gasteiger partial charge in [-0.2, -0.15) is 0 Å². The number of carbonyl (C=O) groups excluding carboxylic acids is 2. The van der Waals surface area contributed by atoms with Gasteiger partial charge in [0.2, 0.25) is 0 Å². The maximum atomic E-state index is 12.3. The molecule has 0 aliphatic carbocycles. The van der Waals surface area contributed by atoms with Crippen LogP contribution in [0.15, 0.2) is 66.9 Å². The Morgan fingerprint density at radius 3 is 2.39 bits per heavy atom. The number of anilines is 3. The molecule has 142 valence electrons. The van der Waals surface area contributed by atoms with Crippen molar-refractivity contribution in [3.63, 3.8) is 0 Å². The SMILES string of the molecule is COC(=O)c1cccc(Nc2ccc(NC(=O)c3cccc(OC)c3)nc2)c1. The van der Waals surface area contributed by atoms with E-state index in [4.69, 9.17) is 9.47 Å². The van der Waals surface area contributed by atoms with E-state index in [1.165, 1.54) is 7.11 Å². The zero-order valence-electron chi connectivity index (χ0n) is 15.4. The van der Waals surface area contributed by atoms with Crippen LogP contribution >= 0.6 is 0 Å². The van der Waals surface area contributed by atoms with Crippen LogP contribution in [0.5, 0.6) is 5.75 Å². The molecule has 28 heavy (non-hydrogen) atoms. The fraction of sp³-hybridized carbons (Fsp3) is 0.0952. The van der Waals surface area contributed by atoms with E-state index in [0.29, 0.717) is 28.4 Å². The number of hydrogen-bond acceptors (Lipinski definition) is 6. The highest BCUT2D eigenvalue weighted by Gasteiger charge is 2.09. The Kier molecular flexibility index (Phi) is 5.86. The summed E-state index contributed by atoms with van der Waals surface area (Å²) in [5.74, 6) is 0.339. The first-order valence-corrected chi connectivity index (χ1v) is 8.46. The lowest BCUT2D eigenvalue weighted by Gasteiger charge is -2.09. The smallest absolute Gasteiger partial charge is 0.337 e. The third kappa shape index (κ3) is 4.64. The molecule has 0 saturated heterocycles. The minimum Gasteiger partial charge on any atom is -0.497 e. The van der Waals surface area contributed by atoms with Crippen molar-refractivity contribution in [2.24, 2.45) is 0 Å². The third-order valence-electron chi connectivity index (χ3n) is 3.91. The fourth-order valence-electron chi connectivity index (χ4n) is 2.50. The fourth-order valence-corrected chi connectivity index (χ4v) is 2.50. The van der Waals surface area contributed by atoms with E-state index < -0.39 is 5.97 Å². The topological polar surface area (TPSA) is 89.6 Å². The molecule has 0 spiro atoms. The van der Waals surface area contributed by atoms with Gasteiger partial charge in [-0.3, -0.25) is 4.79 Å². The number of rotatable bonds is 6. The second-order valence-corrected chi connectivity index (χ2v) is 5.82. The first-order chi connectivity index (χ1) is 13.6. The maximum absolute atomic E-state index is 12.3. The molecule has 0 fully saturated rings. The van der Waals surface area contributed by atoms with Gasteiger partial charge in [-0.25, -0.2) is 9.78 Å². The van der Waals surface area contributed by atoms with Crippen LogP contribution < -0.4 is 15.4 Å². The number of methoxy groups -OCH3 is 2. The lowest BCUT2D eigenvalue weighted by molar-refractivity contribution is 0.0600. The van der Waals surface area contributed by atoms with Crippen LogP contribution in [0.2, 0.25) is 0 Å². The van der Waals surface area contributed by atoms with Crippen LogP contribution in [0.1, 0.15) is 20.7 Å². The molecule has 3 aromatic rings. The van der Waals surface area contributed by atoms with Crippen molar-refractivity contribution in [1.29, 1.82) is 0 Å². The van der Waals surface area contributed by atoms with Crippen LogP contribution in [0, 0.1) is 0 Å². The van der Waals surface area contributed by atoms with Crippen molar-refractivity contribution in [2.45, 2.75) is 0 Å². The van der Waals surface area contributed by atoms with Gasteiger partial charge in [0.15, 0.2) is 0 Å². The lowest BCUT2D eigenvalue weighted by Crippen LogP contribution is -2.13. The standard InChI is InChI=1S/C21H19N3O4/c1-27-18-8-4-5-14(12-18)20(25)24-19-10-9-17(13-22-19)23-16-7-3-6-15(11-16)21(26)28-2/h3-13,23H,1-2H3,(H,22,24,25). The first-order valence-electron chi connectivity index (χ1n) is 8.46. The molecule has 0 aliphatic rings. The Morgan fingerprint density at radius 1 is 0.893 bits per heavy atom. The van der Waals surface area contributed by atoms with Crippen LogP contribution in [0.3, 0.4) is 0 Å². The highest BCUT2D eigenvalue weighted by Crippen LogP contribution is 2.19. The first kappa shape index (κ1) is 18.9. The average Bonchev–Trinajstić information content (AvgIpc) is 2.74. The van der Waals surface area contributed by atoms with Crippen molar-refractivity contribution in [3.05, 3.63) is 78.0 Å². The Balaban J connectivity index is 1.66. The van der Waals surface area contributed by atoms with Gasteiger partial charge in [0.05, 0.1) is 31.7 Å². The minimum absolute atomic E-state index is 0.280. The summed E-state index contributed by atoms with van der Waals surface area (Å²) < 4.78 is 9.84. The van der Waals surface area contributed by atoms with E-state index in [1.54, 1.807) is 67.9 Å². The van der Waals surface area contributed by atoms with Crippen LogP contribution in [-0.4, -0.2) is 31.1 Å². The number of ether oxygens (including phenoxy) is 2. The Hall–Kier alpha value is -3.87. The molecule has 1 amide bonds. The average molecular weight is 377 g/mol. The molecule has 0 aliphatic heterocycles. The minimum atomic E-state index is -0.405. The molecule has 0 bridgehead atoms. The summed E-state index contributed by atoms with van der Waals surface area (Å²) in [5, 5.41) is 5.89. The summed E-state index contributed by atoms with van der Waals surface area (Å²) in [6.45, 7) is 0. The lowest BCUT2D eigenvalue weighted by atomic mass is 10.2. The molecule has 0 atom stereocenters. The number of esters is 1. The van der Waals surface area contributed by atoms with E-state index in [9.17, 15) is 9.59 Å². The van der Waals surface area contributed by atoms with Gasteiger partial charge in [-0.1, -0.05) is 12.1 Å². The van der Waals surface area contributed by atoms with Crippen LogP contribution in [-0.2, 0) is 4.74 Å². The molecule has 0 unspecified atom stereocenters. The van der Waals surface area contributed by atoms with E-state index in [-0.39, 0.29) is 5.91 Å². The van der Waals surface area contributed by atoms with Gasteiger partial charge >= 0.3 is 5.97 Å². The monoisotopic (exact) mass is 377 g/mol. The summed E-state index contributed by atoms with van der Waals surface area (Å²) >= 11 is 0. The second-order valence-electron chi connectivity index (χ2n) is 5.82. The molecular formula is C21H19N3O4. The van der Waals surface area contributed by atoms with E-state index in [2.05, 4.69) is 15.6 Å². The molecule has 1 heterocycles. The van der Waals surface area contributed by atoms with E-state index >= 15 is 0 Å². The summed E-state index contributed by atoms with van der Waals surface area (Å²) in [4.78, 5) is 28.2. The van der Waals surface area contributed by atoms with E-state index in [1.807, 2.05) is 6.07 Å². The molecule has 0 saturated carbocycles.